The largest absolute Gasteiger partial charge is 0.434 e. The number of nitrogens with zero attached hydrogens (tertiary/aromatic N) is 1. The monoisotopic (exact) mass is 357 g/mol. The van der Waals surface area contributed by atoms with Gasteiger partial charge in [-0.1, -0.05) is 43.3 Å². The summed E-state index contributed by atoms with van der Waals surface area (Å²) >= 11 is 0. The SMILES string of the molecule is CCCC(F)(F)OC(n1c2ccccc2c2ccccc21)C(F)(F)F. The van der Waals surface area contributed by atoms with Crippen LogP contribution < -0.4 is 0 Å². The number of para-hydroxylation sites is 2. The second-order valence-corrected chi connectivity index (χ2v) is 5.80. The molecule has 1 heterocycles. The standard InChI is InChI=1S/C18H16F5NO/c1-2-11-17(19,20)25-16(18(21,22)23)24-14-9-5-3-7-12(14)13-8-4-6-10-15(13)24/h3-10,16H,2,11H2,1H3. The van der Waals surface area contributed by atoms with Crippen molar-refractivity contribution in [3.63, 3.8) is 0 Å². The van der Waals surface area contributed by atoms with Gasteiger partial charge in [-0.2, -0.15) is 22.0 Å². The van der Waals surface area contributed by atoms with Gasteiger partial charge in [0.05, 0.1) is 11.0 Å². The van der Waals surface area contributed by atoms with Gasteiger partial charge in [0, 0.05) is 17.2 Å². The van der Waals surface area contributed by atoms with Gasteiger partial charge < -0.3 is 4.57 Å². The molecule has 0 spiro atoms. The van der Waals surface area contributed by atoms with E-state index in [4.69, 9.17) is 0 Å². The number of ether oxygens (including phenoxy) is 1. The van der Waals surface area contributed by atoms with E-state index in [1.165, 1.54) is 19.1 Å². The molecule has 3 rings (SSSR count). The molecular formula is C18H16F5NO. The van der Waals surface area contributed by atoms with Gasteiger partial charge in [-0.15, -0.1) is 0 Å². The molecule has 134 valence electrons. The van der Waals surface area contributed by atoms with Crippen LogP contribution in [0.1, 0.15) is 26.0 Å². The first kappa shape index (κ1) is 17.7. The van der Waals surface area contributed by atoms with Crippen LogP contribution in [-0.2, 0) is 4.74 Å². The second kappa shape index (κ2) is 6.29. The topological polar surface area (TPSA) is 14.2 Å². The highest BCUT2D eigenvalue weighted by Gasteiger charge is 2.49. The van der Waals surface area contributed by atoms with Crippen molar-refractivity contribution in [2.45, 2.75) is 38.3 Å². The van der Waals surface area contributed by atoms with Gasteiger partial charge in [-0.05, 0) is 18.6 Å². The lowest BCUT2D eigenvalue weighted by molar-refractivity contribution is -0.348. The van der Waals surface area contributed by atoms with Gasteiger partial charge in [0.1, 0.15) is 0 Å². The molecule has 0 aliphatic carbocycles. The molecule has 0 fully saturated rings. The maximum absolute atomic E-state index is 13.9. The van der Waals surface area contributed by atoms with E-state index in [9.17, 15) is 22.0 Å². The number of aromatic nitrogens is 1. The van der Waals surface area contributed by atoms with Crippen LogP contribution in [0.3, 0.4) is 0 Å². The van der Waals surface area contributed by atoms with Crippen molar-refractivity contribution in [1.29, 1.82) is 0 Å². The number of hydrogen-bond donors (Lipinski definition) is 0. The van der Waals surface area contributed by atoms with Crippen LogP contribution in [0.25, 0.3) is 21.8 Å². The number of halogens is 5. The molecule has 0 aliphatic heterocycles. The van der Waals surface area contributed by atoms with Gasteiger partial charge in [0.15, 0.2) is 0 Å². The molecule has 0 bridgehead atoms. The van der Waals surface area contributed by atoms with E-state index in [-0.39, 0.29) is 17.5 Å². The van der Waals surface area contributed by atoms with E-state index in [0.29, 0.717) is 10.8 Å². The average Bonchev–Trinajstić information content (AvgIpc) is 2.86. The fourth-order valence-electron chi connectivity index (χ4n) is 2.98. The Morgan fingerprint density at radius 2 is 1.36 bits per heavy atom. The summed E-state index contributed by atoms with van der Waals surface area (Å²) in [5.41, 5.74) is 0.386. The summed E-state index contributed by atoms with van der Waals surface area (Å²) in [5, 5.41) is 1.10. The molecule has 0 radical (unpaired) electrons. The summed E-state index contributed by atoms with van der Waals surface area (Å²) in [6, 6.07) is 12.8. The predicted octanol–water partition coefficient (Wildman–Crippen LogP) is 6.26. The summed E-state index contributed by atoms with van der Waals surface area (Å²) in [4.78, 5) is 0. The molecular weight excluding hydrogens is 341 g/mol. The third-order valence-corrected chi connectivity index (χ3v) is 3.96. The molecule has 2 nitrogen and oxygen atoms in total. The average molecular weight is 357 g/mol. The van der Waals surface area contributed by atoms with Crippen molar-refractivity contribution < 1.29 is 26.7 Å². The first-order valence-electron chi connectivity index (χ1n) is 7.84. The van der Waals surface area contributed by atoms with Crippen LogP contribution >= 0.6 is 0 Å². The number of hydrogen-bond acceptors (Lipinski definition) is 1. The minimum Gasteiger partial charge on any atom is -0.306 e. The predicted molar refractivity (Wildman–Crippen MR) is 85.5 cm³/mol. The van der Waals surface area contributed by atoms with Crippen LogP contribution in [0, 0.1) is 0 Å². The molecule has 2 aromatic carbocycles. The van der Waals surface area contributed by atoms with E-state index in [1.54, 1.807) is 36.4 Å². The van der Waals surface area contributed by atoms with Crippen molar-refractivity contribution in [3.05, 3.63) is 48.5 Å². The molecule has 1 aromatic heterocycles. The highest BCUT2D eigenvalue weighted by atomic mass is 19.4. The smallest absolute Gasteiger partial charge is 0.306 e. The minimum absolute atomic E-state index is 0.00471. The Hall–Kier alpha value is -2.15. The Balaban J connectivity index is 2.25. The maximum atomic E-state index is 13.9. The Morgan fingerprint density at radius 1 is 0.880 bits per heavy atom. The third kappa shape index (κ3) is 3.33. The fraction of sp³-hybridized carbons (Fsp3) is 0.333. The molecule has 1 unspecified atom stereocenters. The zero-order chi connectivity index (χ0) is 18.2. The van der Waals surface area contributed by atoms with Crippen molar-refractivity contribution in [2.24, 2.45) is 0 Å². The van der Waals surface area contributed by atoms with Crippen molar-refractivity contribution in [3.8, 4) is 0 Å². The number of alkyl halides is 5. The van der Waals surface area contributed by atoms with Gasteiger partial charge in [-0.3, -0.25) is 4.74 Å². The van der Waals surface area contributed by atoms with Crippen LogP contribution in [0.4, 0.5) is 22.0 Å². The summed E-state index contributed by atoms with van der Waals surface area (Å²) < 4.78 is 73.7. The van der Waals surface area contributed by atoms with Gasteiger partial charge in [-0.25, -0.2) is 0 Å². The first-order chi connectivity index (χ1) is 11.7. The molecule has 7 heteroatoms. The lowest BCUT2D eigenvalue weighted by Crippen LogP contribution is -2.35. The molecule has 0 N–H and O–H groups in total. The Morgan fingerprint density at radius 3 is 1.80 bits per heavy atom. The van der Waals surface area contributed by atoms with Crippen molar-refractivity contribution in [2.75, 3.05) is 0 Å². The zero-order valence-electron chi connectivity index (χ0n) is 13.4. The summed E-state index contributed by atoms with van der Waals surface area (Å²) in [7, 11) is 0. The van der Waals surface area contributed by atoms with Crippen LogP contribution in [-0.4, -0.2) is 16.9 Å². The molecule has 3 aromatic rings. The highest BCUT2D eigenvalue weighted by molar-refractivity contribution is 6.08. The van der Waals surface area contributed by atoms with Gasteiger partial charge in [0.2, 0.25) is 6.23 Å². The first-order valence-corrected chi connectivity index (χ1v) is 7.84. The lowest BCUT2D eigenvalue weighted by atomic mass is 10.2. The van der Waals surface area contributed by atoms with E-state index in [1.807, 2.05) is 0 Å². The Kier molecular flexibility index (Phi) is 4.45. The van der Waals surface area contributed by atoms with E-state index in [2.05, 4.69) is 4.74 Å². The third-order valence-electron chi connectivity index (χ3n) is 3.96. The summed E-state index contributed by atoms with van der Waals surface area (Å²) in [5.74, 6) is 0. The molecule has 0 aliphatic rings. The molecule has 0 amide bonds. The number of rotatable bonds is 5. The molecule has 0 saturated heterocycles. The fourth-order valence-corrected chi connectivity index (χ4v) is 2.98. The van der Waals surface area contributed by atoms with E-state index < -0.39 is 24.9 Å². The Bertz CT molecular complexity index is 831. The van der Waals surface area contributed by atoms with E-state index >= 15 is 0 Å². The molecule has 1 atom stereocenters. The van der Waals surface area contributed by atoms with Crippen molar-refractivity contribution >= 4 is 21.8 Å². The number of fused-ring (bicyclic) bond motifs is 3. The summed E-state index contributed by atoms with van der Waals surface area (Å²) in [6.45, 7) is 1.46. The number of benzene rings is 2. The van der Waals surface area contributed by atoms with Gasteiger partial charge in [0.25, 0.3) is 0 Å². The zero-order valence-corrected chi connectivity index (χ0v) is 13.4. The highest BCUT2D eigenvalue weighted by Crippen LogP contribution is 2.42. The normalized spacial score (nSPS) is 14.3. The molecule has 0 saturated carbocycles. The summed E-state index contributed by atoms with van der Waals surface area (Å²) in [6.07, 6.45) is -12.4. The van der Waals surface area contributed by atoms with Crippen LogP contribution in [0.5, 0.6) is 0 Å². The molecule has 25 heavy (non-hydrogen) atoms. The second-order valence-electron chi connectivity index (χ2n) is 5.80. The van der Waals surface area contributed by atoms with Crippen LogP contribution in [0.2, 0.25) is 0 Å². The van der Waals surface area contributed by atoms with E-state index in [0.717, 1.165) is 4.57 Å². The van der Waals surface area contributed by atoms with Crippen LogP contribution in [0.15, 0.2) is 48.5 Å². The maximum Gasteiger partial charge on any atom is 0.434 e. The van der Waals surface area contributed by atoms with Crippen molar-refractivity contribution in [1.82, 2.24) is 4.57 Å². The lowest BCUT2D eigenvalue weighted by Gasteiger charge is -2.28. The Labute approximate surface area is 140 Å². The quantitative estimate of drug-likeness (QED) is 0.491. The minimum atomic E-state index is -5.00. The van der Waals surface area contributed by atoms with Gasteiger partial charge >= 0.3 is 12.3 Å².